The van der Waals surface area contributed by atoms with Crippen LogP contribution in [0.5, 0.6) is 0 Å². The molecule has 106 valence electrons. The van der Waals surface area contributed by atoms with Crippen LogP contribution < -0.4 is 5.32 Å². The molecule has 19 heavy (non-hydrogen) atoms. The average Bonchev–Trinajstić information content (AvgIpc) is 2.79. The van der Waals surface area contributed by atoms with E-state index in [2.05, 4.69) is 29.1 Å². The highest BCUT2D eigenvalue weighted by molar-refractivity contribution is 5.37. The molecule has 0 radical (unpaired) electrons. The van der Waals surface area contributed by atoms with Crippen molar-refractivity contribution in [1.82, 2.24) is 9.97 Å². The summed E-state index contributed by atoms with van der Waals surface area (Å²) in [5.74, 6) is 0.708. The first-order valence-electron chi connectivity index (χ1n) is 7.23. The maximum Gasteiger partial charge on any atom is 0.186 e. The SMILES string of the molecule is Cc1ncnc(NCC2(CC(C)C)CCCC2)c1F. The highest BCUT2D eigenvalue weighted by atomic mass is 19.1. The highest BCUT2D eigenvalue weighted by Gasteiger charge is 2.34. The summed E-state index contributed by atoms with van der Waals surface area (Å²) in [4.78, 5) is 7.87. The molecule has 0 bridgehead atoms. The normalized spacial score (nSPS) is 17.9. The molecule has 0 amide bonds. The Morgan fingerprint density at radius 3 is 2.63 bits per heavy atom. The Morgan fingerprint density at radius 2 is 2.00 bits per heavy atom. The number of hydrogen-bond acceptors (Lipinski definition) is 3. The second kappa shape index (κ2) is 5.85. The average molecular weight is 265 g/mol. The van der Waals surface area contributed by atoms with Crippen LogP contribution in [-0.2, 0) is 0 Å². The number of aromatic nitrogens is 2. The van der Waals surface area contributed by atoms with Gasteiger partial charge in [0.25, 0.3) is 0 Å². The third kappa shape index (κ3) is 3.43. The minimum Gasteiger partial charge on any atom is -0.367 e. The van der Waals surface area contributed by atoms with E-state index in [0.717, 1.165) is 6.54 Å². The van der Waals surface area contributed by atoms with Crippen molar-refractivity contribution in [1.29, 1.82) is 0 Å². The summed E-state index contributed by atoms with van der Waals surface area (Å²) in [6.07, 6.45) is 7.68. The summed E-state index contributed by atoms with van der Waals surface area (Å²) >= 11 is 0. The number of hydrogen-bond donors (Lipinski definition) is 1. The monoisotopic (exact) mass is 265 g/mol. The fourth-order valence-electron chi connectivity index (χ4n) is 3.30. The lowest BCUT2D eigenvalue weighted by atomic mass is 9.78. The molecule has 0 aromatic carbocycles. The van der Waals surface area contributed by atoms with Gasteiger partial charge >= 0.3 is 0 Å². The predicted molar refractivity (Wildman–Crippen MR) is 75.6 cm³/mol. The molecule has 0 spiro atoms. The van der Waals surface area contributed by atoms with Gasteiger partial charge in [-0.3, -0.25) is 0 Å². The molecule has 0 aliphatic heterocycles. The summed E-state index contributed by atoms with van der Waals surface area (Å²) in [6.45, 7) is 7.01. The van der Waals surface area contributed by atoms with Crippen LogP contribution in [0, 0.1) is 24.1 Å². The first-order chi connectivity index (χ1) is 9.02. The molecule has 0 saturated heterocycles. The molecule has 3 nitrogen and oxygen atoms in total. The van der Waals surface area contributed by atoms with Gasteiger partial charge in [0.15, 0.2) is 11.6 Å². The van der Waals surface area contributed by atoms with Crippen molar-refractivity contribution in [2.45, 2.75) is 52.9 Å². The quantitative estimate of drug-likeness (QED) is 0.876. The lowest BCUT2D eigenvalue weighted by Crippen LogP contribution is -2.29. The van der Waals surface area contributed by atoms with Crippen molar-refractivity contribution >= 4 is 5.82 Å². The Bertz CT molecular complexity index is 425. The predicted octanol–water partition coefficient (Wildman–Crippen LogP) is 3.94. The summed E-state index contributed by atoms with van der Waals surface area (Å²) in [6, 6.07) is 0. The van der Waals surface area contributed by atoms with Crippen LogP contribution in [0.4, 0.5) is 10.2 Å². The third-order valence-electron chi connectivity index (χ3n) is 4.10. The Hall–Kier alpha value is -1.19. The van der Waals surface area contributed by atoms with Gasteiger partial charge in [0.1, 0.15) is 6.33 Å². The molecule has 1 aromatic rings. The summed E-state index contributed by atoms with van der Waals surface area (Å²) in [5.41, 5.74) is 0.723. The molecule has 1 heterocycles. The number of anilines is 1. The molecule has 0 unspecified atom stereocenters. The van der Waals surface area contributed by atoms with E-state index in [9.17, 15) is 4.39 Å². The van der Waals surface area contributed by atoms with Crippen LogP contribution in [0.15, 0.2) is 6.33 Å². The van der Waals surface area contributed by atoms with Crippen LogP contribution in [-0.4, -0.2) is 16.5 Å². The van der Waals surface area contributed by atoms with Crippen molar-refractivity contribution in [3.05, 3.63) is 17.8 Å². The van der Waals surface area contributed by atoms with E-state index >= 15 is 0 Å². The lowest BCUT2D eigenvalue weighted by Gasteiger charge is -2.31. The molecule has 1 fully saturated rings. The second-order valence-electron chi connectivity index (χ2n) is 6.28. The molecular formula is C15H24FN3. The highest BCUT2D eigenvalue weighted by Crippen LogP contribution is 2.43. The Balaban J connectivity index is 2.05. The largest absolute Gasteiger partial charge is 0.367 e. The lowest BCUT2D eigenvalue weighted by molar-refractivity contribution is 0.252. The zero-order valence-electron chi connectivity index (χ0n) is 12.2. The molecule has 0 atom stereocenters. The maximum atomic E-state index is 13.9. The van der Waals surface area contributed by atoms with Gasteiger partial charge < -0.3 is 5.32 Å². The van der Waals surface area contributed by atoms with Crippen LogP contribution in [0.1, 0.15) is 51.6 Å². The minimum atomic E-state index is -0.319. The van der Waals surface area contributed by atoms with Gasteiger partial charge in [-0.2, -0.15) is 0 Å². The molecule has 1 aliphatic carbocycles. The van der Waals surface area contributed by atoms with Gasteiger partial charge in [0, 0.05) is 6.54 Å². The van der Waals surface area contributed by atoms with E-state index in [1.807, 2.05) is 0 Å². The summed E-state index contributed by atoms with van der Waals surface area (Å²) < 4.78 is 13.9. The van der Waals surface area contributed by atoms with Crippen LogP contribution in [0.25, 0.3) is 0 Å². The van der Waals surface area contributed by atoms with Gasteiger partial charge in [-0.25, -0.2) is 14.4 Å². The summed E-state index contributed by atoms with van der Waals surface area (Å²) in [7, 11) is 0. The number of nitrogens with one attached hydrogen (secondary N) is 1. The fraction of sp³-hybridized carbons (Fsp3) is 0.733. The zero-order valence-corrected chi connectivity index (χ0v) is 12.2. The van der Waals surface area contributed by atoms with Crippen molar-refractivity contribution in [3.8, 4) is 0 Å². The Labute approximate surface area is 115 Å². The number of rotatable bonds is 5. The third-order valence-corrected chi connectivity index (χ3v) is 4.10. The smallest absolute Gasteiger partial charge is 0.186 e. The molecule has 1 N–H and O–H groups in total. The number of halogens is 1. The van der Waals surface area contributed by atoms with E-state index in [4.69, 9.17) is 0 Å². The van der Waals surface area contributed by atoms with Crippen molar-refractivity contribution in [2.24, 2.45) is 11.3 Å². The molecule has 4 heteroatoms. The molecule has 1 saturated carbocycles. The molecule has 2 rings (SSSR count). The van der Waals surface area contributed by atoms with Crippen molar-refractivity contribution in [3.63, 3.8) is 0 Å². The minimum absolute atomic E-state index is 0.319. The molecular weight excluding hydrogens is 241 g/mol. The first kappa shape index (κ1) is 14.2. The maximum absolute atomic E-state index is 13.9. The second-order valence-corrected chi connectivity index (χ2v) is 6.28. The standard InChI is InChI=1S/C15H24FN3/c1-11(2)8-15(6-4-5-7-15)9-17-14-13(16)12(3)18-10-19-14/h10-11H,4-9H2,1-3H3,(H,17,18,19). The van der Waals surface area contributed by atoms with Gasteiger partial charge in [0.05, 0.1) is 5.69 Å². The van der Waals surface area contributed by atoms with E-state index in [-0.39, 0.29) is 5.82 Å². The van der Waals surface area contributed by atoms with Gasteiger partial charge in [0.2, 0.25) is 0 Å². The van der Waals surface area contributed by atoms with Crippen molar-refractivity contribution < 1.29 is 4.39 Å². The van der Waals surface area contributed by atoms with Gasteiger partial charge in [-0.1, -0.05) is 26.7 Å². The van der Waals surface area contributed by atoms with Crippen LogP contribution >= 0.6 is 0 Å². The molecule has 1 aromatic heterocycles. The van der Waals surface area contributed by atoms with E-state index < -0.39 is 0 Å². The van der Waals surface area contributed by atoms with Crippen molar-refractivity contribution in [2.75, 3.05) is 11.9 Å². The van der Waals surface area contributed by atoms with Crippen LogP contribution in [0.2, 0.25) is 0 Å². The molecule has 1 aliphatic rings. The number of nitrogens with zero attached hydrogens (tertiary/aromatic N) is 2. The summed E-state index contributed by atoms with van der Waals surface area (Å²) in [5, 5.41) is 3.22. The number of aryl methyl sites for hydroxylation is 1. The fourth-order valence-corrected chi connectivity index (χ4v) is 3.30. The van der Waals surface area contributed by atoms with Gasteiger partial charge in [-0.15, -0.1) is 0 Å². The van der Waals surface area contributed by atoms with E-state index in [1.54, 1.807) is 6.92 Å². The Morgan fingerprint density at radius 1 is 1.32 bits per heavy atom. The first-order valence-corrected chi connectivity index (χ1v) is 7.23. The van der Waals surface area contributed by atoms with Gasteiger partial charge in [-0.05, 0) is 37.5 Å². The van der Waals surface area contributed by atoms with Crippen LogP contribution in [0.3, 0.4) is 0 Å². The Kier molecular flexibility index (Phi) is 4.38. The topological polar surface area (TPSA) is 37.8 Å². The van der Waals surface area contributed by atoms with E-state index in [0.29, 0.717) is 22.8 Å². The zero-order chi connectivity index (χ0) is 13.9. The van der Waals surface area contributed by atoms with E-state index in [1.165, 1.54) is 38.4 Å².